The normalized spacial score (nSPS) is 12.4. The van der Waals surface area contributed by atoms with Gasteiger partial charge in [-0.1, -0.05) is 26.8 Å². The number of rotatable bonds is 4. The van der Waals surface area contributed by atoms with Gasteiger partial charge in [0, 0.05) is 13.1 Å². The van der Waals surface area contributed by atoms with E-state index in [2.05, 4.69) is 51.8 Å². The molecule has 0 amide bonds. The van der Waals surface area contributed by atoms with Crippen LogP contribution in [0, 0.1) is 5.41 Å². The van der Waals surface area contributed by atoms with E-state index in [9.17, 15) is 0 Å². The molecule has 0 saturated heterocycles. The van der Waals surface area contributed by atoms with Crippen molar-refractivity contribution in [2.24, 2.45) is 5.41 Å². The smallest absolute Gasteiger partial charge is 0.0143 e. The first-order valence-electron chi connectivity index (χ1n) is 4.90. The van der Waals surface area contributed by atoms with Gasteiger partial charge in [-0.25, -0.2) is 0 Å². The maximum atomic E-state index is 2.31. The summed E-state index contributed by atoms with van der Waals surface area (Å²) in [5.41, 5.74) is 0.420. The van der Waals surface area contributed by atoms with Crippen LogP contribution in [0.1, 0.15) is 41.0 Å². The number of hydrogen-bond acceptors (Lipinski definition) is 1. The van der Waals surface area contributed by atoms with Gasteiger partial charge in [-0.15, -0.1) is 0 Å². The lowest BCUT2D eigenvalue weighted by atomic mass is 9.92. The molecule has 0 aliphatic heterocycles. The number of allylic oxidation sites excluding steroid dienone is 1. The highest BCUT2D eigenvalue weighted by molar-refractivity contribution is 4.85. The molecule has 0 spiro atoms. The van der Waals surface area contributed by atoms with Crippen LogP contribution in [0.5, 0.6) is 0 Å². The SMILES string of the molecule is CCN(/C=C/CC(C)(C)C)CC. The average Bonchev–Trinajstić information content (AvgIpc) is 1.96. The van der Waals surface area contributed by atoms with E-state index < -0.39 is 0 Å². The fraction of sp³-hybridized carbons (Fsp3) is 0.818. The van der Waals surface area contributed by atoms with E-state index in [0.717, 1.165) is 19.5 Å². The van der Waals surface area contributed by atoms with Gasteiger partial charge in [0.2, 0.25) is 0 Å². The molecule has 0 unspecified atom stereocenters. The molecule has 0 aliphatic carbocycles. The van der Waals surface area contributed by atoms with E-state index >= 15 is 0 Å². The van der Waals surface area contributed by atoms with Crippen LogP contribution in [0.4, 0.5) is 0 Å². The molecule has 0 heterocycles. The molecule has 72 valence electrons. The second kappa shape index (κ2) is 5.23. The van der Waals surface area contributed by atoms with Crippen molar-refractivity contribution in [2.45, 2.75) is 41.0 Å². The van der Waals surface area contributed by atoms with Crippen molar-refractivity contribution in [2.75, 3.05) is 13.1 Å². The fourth-order valence-electron chi connectivity index (χ4n) is 0.990. The topological polar surface area (TPSA) is 3.24 Å². The summed E-state index contributed by atoms with van der Waals surface area (Å²) in [5.74, 6) is 0. The highest BCUT2D eigenvalue weighted by Gasteiger charge is 2.06. The molecule has 0 aromatic carbocycles. The first-order chi connectivity index (χ1) is 5.49. The van der Waals surface area contributed by atoms with Crippen LogP contribution in [-0.4, -0.2) is 18.0 Å². The standard InChI is InChI=1S/C11H23N/c1-6-12(7-2)10-8-9-11(3,4)5/h8,10H,6-7,9H2,1-5H3/b10-8+. The van der Waals surface area contributed by atoms with Crippen molar-refractivity contribution in [3.8, 4) is 0 Å². The van der Waals surface area contributed by atoms with Gasteiger partial charge in [0.1, 0.15) is 0 Å². The van der Waals surface area contributed by atoms with Crippen molar-refractivity contribution >= 4 is 0 Å². The van der Waals surface area contributed by atoms with Gasteiger partial charge in [0.15, 0.2) is 0 Å². The molecule has 0 aliphatic rings. The lowest BCUT2D eigenvalue weighted by molar-refractivity contribution is 0.397. The zero-order valence-corrected chi connectivity index (χ0v) is 9.22. The van der Waals surface area contributed by atoms with Gasteiger partial charge in [0.05, 0.1) is 0 Å². The second-order valence-electron chi connectivity index (χ2n) is 4.37. The van der Waals surface area contributed by atoms with Crippen molar-refractivity contribution in [3.05, 3.63) is 12.3 Å². The highest BCUT2D eigenvalue weighted by Crippen LogP contribution is 2.18. The Kier molecular flexibility index (Phi) is 5.03. The largest absolute Gasteiger partial charge is 0.378 e. The van der Waals surface area contributed by atoms with Crippen LogP contribution < -0.4 is 0 Å². The Morgan fingerprint density at radius 1 is 1.08 bits per heavy atom. The molecular weight excluding hydrogens is 146 g/mol. The van der Waals surface area contributed by atoms with Crippen molar-refractivity contribution in [3.63, 3.8) is 0 Å². The fourth-order valence-corrected chi connectivity index (χ4v) is 0.990. The minimum atomic E-state index is 0.420. The molecule has 12 heavy (non-hydrogen) atoms. The molecule has 0 bridgehead atoms. The molecule has 0 fully saturated rings. The summed E-state index contributed by atoms with van der Waals surface area (Å²) in [6.45, 7) is 13.4. The van der Waals surface area contributed by atoms with E-state index in [1.807, 2.05) is 0 Å². The lowest BCUT2D eigenvalue weighted by Gasteiger charge is -2.18. The molecule has 0 atom stereocenters. The maximum Gasteiger partial charge on any atom is 0.0143 e. The van der Waals surface area contributed by atoms with Crippen LogP contribution >= 0.6 is 0 Å². The number of nitrogens with zero attached hydrogens (tertiary/aromatic N) is 1. The molecule has 1 nitrogen and oxygen atoms in total. The zero-order chi connectivity index (χ0) is 9.61. The Bertz CT molecular complexity index is 126. The second-order valence-corrected chi connectivity index (χ2v) is 4.37. The quantitative estimate of drug-likeness (QED) is 0.624. The van der Waals surface area contributed by atoms with E-state index in [1.54, 1.807) is 0 Å². The van der Waals surface area contributed by atoms with Gasteiger partial charge < -0.3 is 4.90 Å². The van der Waals surface area contributed by atoms with Crippen LogP contribution in [0.25, 0.3) is 0 Å². The summed E-state index contributed by atoms with van der Waals surface area (Å²) >= 11 is 0. The highest BCUT2D eigenvalue weighted by atomic mass is 15.1. The third-order valence-electron chi connectivity index (χ3n) is 1.86. The van der Waals surface area contributed by atoms with Gasteiger partial charge in [-0.2, -0.15) is 0 Å². The predicted octanol–water partition coefficient (Wildman–Crippen LogP) is 3.28. The van der Waals surface area contributed by atoms with E-state index in [1.165, 1.54) is 0 Å². The first kappa shape index (κ1) is 11.5. The average molecular weight is 169 g/mol. The molecule has 1 heteroatoms. The minimum absolute atomic E-state index is 0.420. The molecule has 0 radical (unpaired) electrons. The Labute approximate surface area is 77.5 Å². The molecule has 0 aromatic rings. The van der Waals surface area contributed by atoms with Crippen LogP contribution in [0.15, 0.2) is 12.3 Å². The predicted molar refractivity (Wildman–Crippen MR) is 56.1 cm³/mol. The van der Waals surface area contributed by atoms with Gasteiger partial charge in [-0.3, -0.25) is 0 Å². The van der Waals surface area contributed by atoms with Crippen molar-refractivity contribution < 1.29 is 0 Å². The van der Waals surface area contributed by atoms with E-state index in [-0.39, 0.29) is 0 Å². The molecule has 0 N–H and O–H groups in total. The minimum Gasteiger partial charge on any atom is -0.378 e. The summed E-state index contributed by atoms with van der Waals surface area (Å²) < 4.78 is 0. The number of hydrogen-bond donors (Lipinski definition) is 0. The molecular formula is C11H23N. The molecule has 0 saturated carbocycles. The van der Waals surface area contributed by atoms with Crippen LogP contribution in [0.2, 0.25) is 0 Å². The monoisotopic (exact) mass is 169 g/mol. The summed E-state index contributed by atoms with van der Waals surface area (Å²) in [6.07, 6.45) is 5.64. The van der Waals surface area contributed by atoms with Crippen molar-refractivity contribution in [1.82, 2.24) is 4.90 Å². The van der Waals surface area contributed by atoms with Crippen LogP contribution in [-0.2, 0) is 0 Å². The van der Waals surface area contributed by atoms with Gasteiger partial charge in [-0.05, 0) is 31.9 Å². The Balaban J connectivity index is 3.74. The summed E-state index contributed by atoms with van der Waals surface area (Å²) in [5, 5.41) is 0. The Morgan fingerprint density at radius 3 is 1.92 bits per heavy atom. The van der Waals surface area contributed by atoms with Gasteiger partial charge >= 0.3 is 0 Å². The Hall–Kier alpha value is -0.460. The van der Waals surface area contributed by atoms with E-state index in [4.69, 9.17) is 0 Å². The zero-order valence-electron chi connectivity index (χ0n) is 9.22. The summed E-state index contributed by atoms with van der Waals surface area (Å²) in [4.78, 5) is 2.31. The van der Waals surface area contributed by atoms with Crippen LogP contribution in [0.3, 0.4) is 0 Å². The van der Waals surface area contributed by atoms with Crippen molar-refractivity contribution in [1.29, 1.82) is 0 Å². The molecule has 0 rings (SSSR count). The lowest BCUT2D eigenvalue weighted by Crippen LogP contribution is -2.15. The summed E-state index contributed by atoms with van der Waals surface area (Å²) in [6, 6.07) is 0. The Morgan fingerprint density at radius 2 is 1.58 bits per heavy atom. The maximum absolute atomic E-state index is 2.31. The molecule has 0 aromatic heterocycles. The third kappa shape index (κ3) is 6.26. The summed E-state index contributed by atoms with van der Waals surface area (Å²) in [7, 11) is 0. The van der Waals surface area contributed by atoms with E-state index in [0.29, 0.717) is 5.41 Å². The first-order valence-corrected chi connectivity index (χ1v) is 4.90. The third-order valence-corrected chi connectivity index (χ3v) is 1.86. The van der Waals surface area contributed by atoms with Gasteiger partial charge in [0.25, 0.3) is 0 Å².